The third kappa shape index (κ3) is 2.38. The maximum atomic E-state index is 6.40. The zero-order chi connectivity index (χ0) is 18.8. The third-order valence-corrected chi connectivity index (χ3v) is 5.11. The SMILES string of the molecule is CC1=C(c2ccccc2)Oc2cc3nc(C(C)(C)C)oc3c3cccc1c23. The van der Waals surface area contributed by atoms with E-state index in [2.05, 4.69) is 58.0 Å². The summed E-state index contributed by atoms with van der Waals surface area (Å²) < 4.78 is 12.6. The largest absolute Gasteiger partial charge is 0.456 e. The van der Waals surface area contributed by atoms with Crippen molar-refractivity contribution in [1.29, 1.82) is 0 Å². The standard InChI is InChI=1S/C24H21NO2/c1-14-16-11-8-12-17-20(16)19(26-21(14)15-9-6-5-7-10-15)13-18-22(17)27-23(25-18)24(2,3)4/h5-13H,1-4H3. The van der Waals surface area contributed by atoms with E-state index in [0.717, 1.165) is 50.4 Å². The van der Waals surface area contributed by atoms with Gasteiger partial charge in [-0.2, -0.15) is 0 Å². The minimum Gasteiger partial charge on any atom is -0.456 e. The summed E-state index contributed by atoms with van der Waals surface area (Å²) in [5, 5.41) is 2.15. The topological polar surface area (TPSA) is 35.3 Å². The van der Waals surface area contributed by atoms with Gasteiger partial charge in [0.05, 0.1) is 0 Å². The second kappa shape index (κ2) is 5.46. The number of allylic oxidation sites excluding steroid dienone is 1. The van der Waals surface area contributed by atoms with Gasteiger partial charge in [-0.25, -0.2) is 4.98 Å². The number of hydrogen-bond donors (Lipinski definition) is 0. The van der Waals surface area contributed by atoms with E-state index in [4.69, 9.17) is 14.1 Å². The van der Waals surface area contributed by atoms with Gasteiger partial charge in [0.25, 0.3) is 0 Å². The van der Waals surface area contributed by atoms with Gasteiger partial charge in [0, 0.05) is 33.4 Å². The number of hydrogen-bond acceptors (Lipinski definition) is 3. The summed E-state index contributed by atoms with van der Waals surface area (Å²) in [6, 6.07) is 18.6. The van der Waals surface area contributed by atoms with E-state index in [9.17, 15) is 0 Å². The van der Waals surface area contributed by atoms with Gasteiger partial charge in [0.15, 0.2) is 5.58 Å². The fraction of sp³-hybridized carbons (Fsp3) is 0.208. The number of oxazole rings is 1. The molecule has 0 atom stereocenters. The van der Waals surface area contributed by atoms with Crippen molar-refractivity contribution in [3.05, 3.63) is 71.6 Å². The predicted molar refractivity (Wildman–Crippen MR) is 110 cm³/mol. The van der Waals surface area contributed by atoms with Gasteiger partial charge in [-0.1, -0.05) is 69.3 Å². The first-order valence-corrected chi connectivity index (χ1v) is 9.25. The summed E-state index contributed by atoms with van der Waals surface area (Å²) in [5.41, 5.74) is 4.92. The second-order valence-corrected chi connectivity index (χ2v) is 8.14. The van der Waals surface area contributed by atoms with Crippen LogP contribution in [0.4, 0.5) is 0 Å². The van der Waals surface area contributed by atoms with Crippen LogP contribution in [0.5, 0.6) is 5.75 Å². The van der Waals surface area contributed by atoms with Crippen LogP contribution in [-0.2, 0) is 5.41 Å². The minimum atomic E-state index is -0.145. The molecule has 0 saturated heterocycles. The average molecular weight is 355 g/mol. The smallest absolute Gasteiger partial charge is 0.200 e. The molecule has 0 spiro atoms. The lowest BCUT2D eigenvalue weighted by molar-refractivity contribution is 0.412. The molecular formula is C24H21NO2. The van der Waals surface area contributed by atoms with Crippen molar-refractivity contribution in [2.75, 3.05) is 0 Å². The molecule has 0 radical (unpaired) electrons. The Morgan fingerprint density at radius 3 is 2.44 bits per heavy atom. The van der Waals surface area contributed by atoms with Crippen LogP contribution in [0, 0.1) is 0 Å². The first-order chi connectivity index (χ1) is 12.9. The lowest BCUT2D eigenvalue weighted by Crippen LogP contribution is -2.10. The highest BCUT2D eigenvalue weighted by atomic mass is 16.5. The number of nitrogens with zero attached hydrogens (tertiary/aromatic N) is 1. The van der Waals surface area contributed by atoms with Gasteiger partial charge in [0.2, 0.25) is 5.89 Å². The maximum absolute atomic E-state index is 6.40. The van der Waals surface area contributed by atoms with Crippen molar-refractivity contribution in [2.45, 2.75) is 33.1 Å². The molecule has 0 amide bonds. The van der Waals surface area contributed by atoms with E-state index in [-0.39, 0.29) is 5.41 Å². The Morgan fingerprint density at radius 1 is 0.926 bits per heavy atom. The summed E-state index contributed by atoms with van der Waals surface area (Å²) in [6.07, 6.45) is 0. The van der Waals surface area contributed by atoms with Crippen molar-refractivity contribution in [3.8, 4) is 5.75 Å². The van der Waals surface area contributed by atoms with Crippen molar-refractivity contribution < 1.29 is 9.15 Å². The van der Waals surface area contributed by atoms with Gasteiger partial charge in [0.1, 0.15) is 17.0 Å². The molecule has 3 nitrogen and oxygen atoms in total. The quantitative estimate of drug-likeness (QED) is 0.388. The molecule has 0 bridgehead atoms. The fourth-order valence-electron chi connectivity index (χ4n) is 3.71. The molecule has 0 saturated carbocycles. The molecule has 2 heterocycles. The van der Waals surface area contributed by atoms with Crippen LogP contribution < -0.4 is 4.74 Å². The predicted octanol–water partition coefficient (Wildman–Crippen LogP) is 6.56. The van der Waals surface area contributed by atoms with Crippen molar-refractivity contribution in [2.24, 2.45) is 0 Å². The van der Waals surface area contributed by atoms with E-state index in [0.29, 0.717) is 0 Å². The summed E-state index contributed by atoms with van der Waals surface area (Å²) in [4.78, 5) is 4.75. The zero-order valence-corrected chi connectivity index (χ0v) is 16.0. The van der Waals surface area contributed by atoms with Crippen LogP contribution in [-0.4, -0.2) is 4.98 Å². The lowest BCUT2D eigenvalue weighted by Gasteiger charge is -2.23. The normalized spacial score (nSPS) is 14.1. The van der Waals surface area contributed by atoms with Crippen molar-refractivity contribution in [1.82, 2.24) is 4.98 Å². The molecule has 3 aromatic carbocycles. The Labute approximate surface area is 158 Å². The van der Waals surface area contributed by atoms with Gasteiger partial charge in [-0.15, -0.1) is 0 Å². The van der Waals surface area contributed by atoms with E-state index in [1.807, 2.05) is 24.3 Å². The molecule has 134 valence electrons. The van der Waals surface area contributed by atoms with Crippen LogP contribution in [0.15, 0.2) is 59.0 Å². The molecule has 0 fully saturated rings. The van der Waals surface area contributed by atoms with Gasteiger partial charge in [-0.3, -0.25) is 0 Å². The maximum Gasteiger partial charge on any atom is 0.200 e. The molecule has 1 aliphatic rings. The number of rotatable bonds is 1. The van der Waals surface area contributed by atoms with E-state index < -0.39 is 0 Å². The Morgan fingerprint density at radius 2 is 1.70 bits per heavy atom. The Hall–Kier alpha value is -3.07. The number of ether oxygens (including phenoxy) is 1. The molecule has 5 rings (SSSR count). The molecule has 0 N–H and O–H groups in total. The van der Waals surface area contributed by atoms with Gasteiger partial charge >= 0.3 is 0 Å². The van der Waals surface area contributed by atoms with Crippen LogP contribution in [0.25, 0.3) is 33.2 Å². The van der Waals surface area contributed by atoms with Crippen LogP contribution >= 0.6 is 0 Å². The first kappa shape index (κ1) is 16.1. The second-order valence-electron chi connectivity index (χ2n) is 8.14. The van der Waals surface area contributed by atoms with E-state index >= 15 is 0 Å². The molecule has 4 aromatic rings. The highest BCUT2D eigenvalue weighted by Gasteiger charge is 2.26. The monoisotopic (exact) mass is 355 g/mol. The van der Waals surface area contributed by atoms with Crippen molar-refractivity contribution in [3.63, 3.8) is 0 Å². The molecular weight excluding hydrogens is 334 g/mol. The molecule has 27 heavy (non-hydrogen) atoms. The Kier molecular flexibility index (Phi) is 3.26. The van der Waals surface area contributed by atoms with E-state index in [1.54, 1.807) is 0 Å². The molecule has 1 aromatic heterocycles. The highest BCUT2D eigenvalue weighted by molar-refractivity contribution is 6.13. The molecule has 3 heteroatoms. The van der Waals surface area contributed by atoms with Gasteiger partial charge in [-0.05, 0) is 12.5 Å². The van der Waals surface area contributed by atoms with Crippen LogP contribution in [0.2, 0.25) is 0 Å². The number of aromatic nitrogens is 1. The van der Waals surface area contributed by atoms with Gasteiger partial charge < -0.3 is 9.15 Å². The highest BCUT2D eigenvalue weighted by Crippen LogP contribution is 2.45. The number of fused-ring (bicyclic) bond motifs is 2. The summed E-state index contributed by atoms with van der Waals surface area (Å²) in [7, 11) is 0. The minimum absolute atomic E-state index is 0.145. The lowest BCUT2D eigenvalue weighted by atomic mass is 9.93. The summed E-state index contributed by atoms with van der Waals surface area (Å²) in [5.74, 6) is 2.48. The zero-order valence-electron chi connectivity index (χ0n) is 16.0. The number of benzene rings is 3. The van der Waals surface area contributed by atoms with Crippen LogP contribution in [0.1, 0.15) is 44.7 Å². The third-order valence-electron chi connectivity index (χ3n) is 5.11. The van der Waals surface area contributed by atoms with Crippen molar-refractivity contribution >= 4 is 33.2 Å². The van der Waals surface area contributed by atoms with E-state index in [1.165, 1.54) is 5.56 Å². The Bertz CT molecular complexity index is 1220. The average Bonchev–Trinajstić information content (AvgIpc) is 3.10. The first-order valence-electron chi connectivity index (χ1n) is 9.25. The van der Waals surface area contributed by atoms with Crippen LogP contribution in [0.3, 0.4) is 0 Å². The summed E-state index contributed by atoms with van der Waals surface area (Å²) in [6.45, 7) is 8.45. The fourth-order valence-corrected chi connectivity index (χ4v) is 3.71. The molecule has 1 aliphatic heterocycles. The Balaban J connectivity index is 1.82. The summed E-state index contributed by atoms with van der Waals surface area (Å²) >= 11 is 0. The molecule has 0 unspecified atom stereocenters. The molecule has 0 aliphatic carbocycles.